The zero-order valence-corrected chi connectivity index (χ0v) is 20.2. The molecule has 1 amide bonds. The highest BCUT2D eigenvalue weighted by Gasteiger charge is 2.44. The van der Waals surface area contributed by atoms with Crippen LogP contribution in [0.3, 0.4) is 0 Å². The Morgan fingerprint density at radius 2 is 1.90 bits per heavy atom. The summed E-state index contributed by atoms with van der Waals surface area (Å²) in [6.07, 6.45) is 3.73. The third-order valence-corrected chi connectivity index (χ3v) is 6.10. The molecule has 4 rings (SSSR count). The minimum absolute atomic E-state index is 0. The van der Waals surface area contributed by atoms with Crippen LogP contribution in [0.1, 0.15) is 42.4 Å². The van der Waals surface area contributed by atoms with Crippen molar-refractivity contribution >= 4 is 35.8 Å². The van der Waals surface area contributed by atoms with Gasteiger partial charge in [0.1, 0.15) is 5.82 Å². The number of aliphatic imine (C=N–C) groups is 1. The van der Waals surface area contributed by atoms with E-state index >= 15 is 0 Å². The Balaban J connectivity index is 0.00000272. The topological polar surface area (TPSA) is 56.7 Å². The van der Waals surface area contributed by atoms with E-state index in [0.717, 1.165) is 55.0 Å². The van der Waals surface area contributed by atoms with E-state index in [4.69, 9.17) is 0 Å². The number of likely N-dealkylation sites (tertiary alicyclic amines) is 1. The predicted octanol–water partition coefficient (Wildman–Crippen LogP) is 3.96. The van der Waals surface area contributed by atoms with Gasteiger partial charge in [-0.3, -0.25) is 9.79 Å². The largest absolute Gasteiger partial charge is 0.356 e. The first kappa shape index (κ1) is 23.5. The highest BCUT2D eigenvalue weighted by atomic mass is 127. The Kier molecular flexibility index (Phi) is 7.91. The summed E-state index contributed by atoms with van der Waals surface area (Å²) >= 11 is 0. The molecule has 2 fully saturated rings. The number of nitrogens with one attached hydrogen (secondary N) is 2. The fraction of sp³-hybridized carbons (Fsp3) is 0.417. The third kappa shape index (κ3) is 5.96. The van der Waals surface area contributed by atoms with E-state index in [1.54, 1.807) is 19.2 Å². The van der Waals surface area contributed by atoms with Crippen molar-refractivity contribution in [2.75, 3.05) is 20.1 Å². The normalized spacial score (nSPS) is 17.3. The summed E-state index contributed by atoms with van der Waals surface area (Å²) in [6, 6.07) is 15.2. The minimum Gasteiger partial charge on any atom is -0.356 e. The molecule has 7 heteroatoms. The second kappa shape index (κ2) is 10.4. The number of carbonyl (C=O) groups is 1. The van der Waals surface area contributed by atoms with Gasteiger partial charge in [-0.25, -0.2) is 4.39 Å². The Bertz CT molecular complexity index is 945. The summed E-state index contributed by atoms with van der Waals surface area (Å²) in [5.41, 5.74) is 3.35. The summed E-state index contributed by atoms with van der Waals surface area (Å²) in [6.45, 7) is 2.91. The first-order valence-electron chi connectivity index (χ1n) is 10.6. The summed E-state index contributed by atoms with van der Waals surface area (Å²) in [5.74, 6) is 0.796. The fourth-order valence-corrected chi connectivity index (χ4v) is 4.13. The van der Waals surface area contributed by atoms with E-state index in [-0.39, 0.29) is 41.1 Å². The molecule has 1 saturated heterocycles. The van der Waals surface area contributed by atoms with Crippen LogP contribution in [0.4, 0.5) is 4.39 Å². The Hall–Kier alpha value is -2.16. The van der Waals surface area contributed by atoms with Crippen molar-refractivity contribution < 1.29 is 9.18 Å². The van der Waals surface area contributed by atoms with Crippen LogP contribution in [-0.4, -0.2) is 36.9 Å². The highest BCUT2D eigenvalue weighted by Crippen LogP contribution is 2.47. The van der Waals surface area contributed by atoms with E-state index in [9.17, 15) is 9.18 Å². The lowest BCUT2D eigenvalue weighted by Gasteiger charge is -2.19. The van der Waals surface area contributed by atoms with Crippen molar-refractivity contribution in [1.82, 2.24) is 15.5 Å². The van der Waals surface area contributed by atoms with Crippen LogP contribution in [-0.2, 0) is 23.3 Å². The molecule has 0 atom stereocenters. The van der Waals surface area contributed by atoms with Crippen LogP contribution in [0.2, 0.25) is 0 Å². The molecule has 0 radical (unpaired) electrons. The molecule has 2 N–H and O–H groups in total. The van der Waals surface area contributed by atoms with Gasteiger partial charge in [-0.05, 0) is 48.1 Å². The van der Waals surface area contributed by atoms with E-state index in [1.807, 2.05) is 17.0 Å². The molecule has 2 aliphatic rings. The molecule has 5 nitrogen and oxygen atoms in total. The van der Waals surface area contributed by atoms with Gasteiger partial charge < -0.3 is 15.5 Å². The molecular weight excluding hydrogens is 506 g/mol. The van der Waals surface area contributed by atoms with Crippen molar-refractivity contribution in [2.45, 2.75) is 44.2 Å². The van der Waals surface area contributed by atoms with E-state index in [0.29, 0.717) is 19.5 Å². The average molecular weight is 536 g/mol. The molecule has 31 heavy (non-hydrogen) atoms. The van der Waals surface area contributed by atoms with Gasteiger partial charge >= 0.3 is 0 Å². The highest BCUT2D eigenvalue weighted by molar-refractivity contribution is 14.0. The monoisotopic (exact) mass is 536 g/mol. The first-order chi connectivity index (χ1) is 14.6. The van der Waals surface area contributed by atoms with Crippen LogP contribution >= 0.6 is 24.0 Å². The fourth-order valence-electron chi connectivity index (χ4n) is 4.13. The maximum Gasteiger partial charge on any atom is 0.222 e. The molecule has 1 heterocycles. The summed E-state index contributed by atoms with van der Waals surface area (Å²) in [7, 11) is 1.76. The summed E-state index contributed by atoms with van der Waals surface area (Å²) in [4.78, 5) is 18.1. The van der Waals surface area contributed by atoms with Gasteiger partial charge in [0.15, 0.2) is 5.96 Å². The lowest BCUT2D eigenvalue weighted by Crippen LogP contribution is -2.40. The number of rotatable bonds is 7. The SMILES string of the molecule is CN=C(NCc1cccc(CN2CCCC2=O)c1)NCC1(c2cccc(F)c2)CC1.I. The number of hydrogen-bond donors (Lipinski definition) is 2. The standard InChI is InChI=1S/C24H29FN4O.HI/c1-26-23(28-17-24(10-11-24)20-7-3-8-21(25)14-20)27-15-18-5-2-6-19(13-18)16-29-12-4-9-22(29)30;/h2-3,5-8,13-14H,4,9-12,15-17H2,1H3,(H2,26,27,28);1H. The number of carbonyl (C=O) groups excluding carboxylic acids is 1. The average Bonchev–Trinajstić information content (AvgIpc) is 3.45. The lowest BCUT2D eigenvalue weighted by atomic mass is 9.96. The van der Waals surface area contributed by atoms with E-state index in [2.05, 4.69) is 33.8 Å². The van der Waals surface area contributed by atoms with Gasteiger partial charge in [0.25, 0.3) is 0 Å². The van der Waals surface area contributed by atoms with Crippen molar-refractivity contribution in [3.63, 3.8) is 0 Å². The van der Waals surface area contributed by atoms with Gasteiger partial charge in [0.2, 0.25) is 5.91 Å². The maximum atomic E-state index is 13.6. The van der Waals surface area contributed by atoms with Crippen LogP contribution in [0.15, 0.2) is 53.5 Å². The molecule has 0 bridgehead atoms. The number of amides is 1. The predicted molar refractivity (Wildman–Crippen MR) is 132 cm³/mol. The number of guanidine groups is 1. The molecule has 1 aliphatic heterocycles. The molecule has 0 aromatic heterocycles. The van der Waals surface area contributed by atoms with Crippen molar-refractivity contribution in [2.24, 2.45) is 4.99 Å². The van der Waals surface area contributed by atoms with Gasteiger partial charge in [-0.15, -0.1) is 24.0 Å². The van der Waals surface area contributed by atoms with Crippen molar-refractivity contribution in [3.8, 4) is 0 Å². The van der Waals surface area contributed by atoms with E-state index in [1.165, 1.54) is 6.07 Å². The molecule has 2 aromatic carbocycles. The zero-order chi connectivity index (χ0) is 21.0. The Morgan fingerprint density at radius 3 is 2.58 bits per heavy atom. The second-order valence-electron chi connectivity index (χ2n) is 8.31. The summed E-state index contributed by atoms with van der Waals surface area (Å²) in [5, 5.41) is 6.77. The zero-order valence-electron chi connectivity index (χ0n) is 17.9. The van der Waals surface area contributed by atoms with Gasteiger partial charge in [-0.1, -0.05) is 36.4 Å². The molecular formula is C24H30FIN4O. The number of nitrogens with zero attached hydrogens (tertiary/aromatic N) is 2. The maximum absolute atomic E-state index is 13.6. The minimum atomic E-state index is -0.184. The van der Waals surface area contributed by atoms with Gasteiger partial charge in [-0.2, -0.15) is 0 Å². The molecule has 0 spiro atoms. The van der Waals surface area contributed by atoms with E-state index < -0.39 is 0 Å². The smallest absolute Gasteiger partial charge is 0.222 e. The molecule has 1 aliphatic carbocycles. The quantitative estimate of drug-likeness (QED) is 0.320. The number of benzene rings is 2. The number of hydrogen-bond acceptors (Lipinski definition) is 2. The molecule has 0 unspecified atom stereocenters. The van der Waals surface area contributed by atoms with Gasteiger partial charge in [0.05, 0.1) is 0 Å². The molecule has 1 saturated carbocycles. The van der Waals surface area contributed by atoms with Crippen LogP contribution in [0.5, 0.6) is 0 Å². The van der Waals surface area contributed by atoms with Crippen LogP contribution in [0.25, 0.3) is 0 Å². The van der Waals surface area contributed by atoms with Gasteiger partial charge in [0, 0.05) is 45.1 Å². The van der Waals surface area contributed by atoms with Crippen molar-refractivity contribution in [3.05, 3.63) is 71.0 Å². The third-order valence-electron chi connectivity index (χ3n) is 6.10. The molecule has 166 valence electrons. The first-order valence-corrected chi connectivity index (χ1v) is 10.6. The number of halogens is 2. The second-order valence-corrected chi connectivity index (χ2v) is 8.31. The lowest BCUT2D eigenvalue weighted by molar-refractivity contribution is -0.128. The summed E-state index contributed by atoms with van der Waals surface area (Å²) < 4.78 is 13.6. The van der Waals surface area contributed by atoms with Crippen LogP contribution in [0, 0.1) is 5.82 Å². The van der Waals surface area contributed by atoms with Crippen LogP contribution < -0.4 is 10.6 Å². The molecule has 2 aromatic rings. The van der Waals surface area contributed by atoms with Crippen molar-refractivity contribution in [1.29, 1.82) is 0 Å². The Labute approximate surface area is 200 Å². The Morgan fingerprint density at radius 1 is 1.13 bits per heavy atom.